The van der Waals surface area contributed by atoms with Crippen LogP contribution in [0.3, 0.4) is 0 Å². The second kappa shape index (κ2) is 4.80. The summed E-state index contributed by atoms with van der Waals surface area (Å²) in [6.45, 7) is 4.02. The van der Waals surface area contributed by atoms with Gasteiger partial charge in [0.1, 0.15) is 6.04 Å². The molecule has 1 heterocycles. The molecule has 80 valence electrons. The van der Waals surface area contributed by atoms with Gasteiger partial charge >= 0.3 is 6.03 Å². The predicted molar refractivity (Wildman–Crippen MR) is 51.6 cm³/mol. The Morgan fingerprint density at radius 3 is 2.93 bits per heavy atom. The highest BCUT2D eigenvalue weighted by atomic mass is 16.2. The molecule has 0 aromatic carbocycles. The SMILES string of the molecule is CCNC(=O)C1CNCCN1C(N)=O. The maximum absolute atomic E-state index is 11.5. The number of primary amides is 1. The van der Waals surface area contributed by atoms with Gasteiger partial charge in [0, 0.05) is 26.2 Å². The third kappa shape index (κ3) is 2.35. The smallest absolute Gasteiger partial charge is 0.315 e. The van der Waals surface area contributed by atoms with E-state index in [1.165, 1.54) is 4.90 Å². The molecule has 6 nitrogen and oxygen atoms in total. The highest BCUT2D eigenvalue weighted by molar-refractivity contribution is 5.87. The molecule has 1 unspecified atom stereocenters. The number of nitrogens with zero attached hydrogens (tertiary/aromatic N) is 1. The van der Waals surface area contributed by atoms with E-state index in [0.29, 0.717) is 26.2 Å². The lowest BCUT2D eigenvalue weighted by Gasteiger charge is -2.33. The minimum atomic E-state index is -0.539. The van der Waals surface area contributed by atoms with Crippen molar-refractivity contribution in [3.63, 3.8) is 0 Å². The van der Waals surface area contributed by atoms with Gasteiger partial charge in [0.2, 0.25) is 5.91 Å². The minimum Gasteiger partial charge on any atom is -0.355 e. The molecule has 1 fully saturated rings. The molecule has 14 heavy (non-hydrogen) atoms. The van der Waals surface area contributed by atoms with Crippen LogP contribution in [0.4, 0.5) is 4.79 Å². The van der Waals surface area contributed by atoms with Crippen LogP contribution in [-0.2, 0) is 4.79 Å². The molecule has 1 atom stereocenters. The highest BCUT2D eigenvalue weighted by Crippen LogP contribution is 2.02. The highest BCUT2D eigenvalue weighted by Gasteiger charge is 2.30. The Balaban J connectivity index is 2.62. The summed E-state index contributed by atoms with van der Waals surface area (Å²) in [6, 6.07) is -1.01. The van der Waals surface area contributed by atoms with E-state index in [1.807, 2.05) is 6.92 Å². The fraction of sp³-hybridized carbons (Fsp3) is 0.750. The lowest BCUT2D eigenvalue weighted by molar-refractivity contribution is -0.125. The Kier molecular flexibility index (Phi) is 3.70. The summed E-state index contributed by atoms with van der Waals surface area (Å²) < 4.78 is 0. The number of piperazine rings is 1. The van der Waals surface area contributed by atoms with Gasteiger partial charge < -0.3 is 21.3 Å². The van der Waals surface area contributed by atoms with Crippen LogP contribution in [0.5, 0.6) is 0 Å². The van der Waals surface area contributed by atoms with E-state index in [1.54, 1.807) is 0 Å². The van der Waals surface area contributed by atoms with E-state index in [0.717, 1.165) is 0 Å². The average Bonchev–Trinajstić information content (AvgIpc) is 2.18. The molecule has 0 aliphatic carbocycles. The number of carbonyl (C=O) groups is 2. The van der Waals surface area contributed by atoms with Crippen molar-refractivity contribution in [3.8, 4) is 0 Å². The molecule has 0 spiro atoms. The first-order valence-corrected chi connectivity index (χ1v) is 4.71. The van der Waals surface area contributed by atoms with Crippen LogP contribution in [0.1, 0.15) is 6.92 Å². The molecule has 0 aromatic heterocycles. The normalized spacial score (nSPS) is 21.8. The number of nitrogens with one attached hydrogen (secondary N) is 2. The number of carbonyl (C=O) groups excluding carboxylic acids is 2. The summed E-state index contributed by atoms with van der Waals surface area (Å²) in [7, 11) is 0. The Labute approximate surface area is 82.8 Å². The number of hydrogen-bond acceptors (Lipinski definition) is 3. The molecule has 4 N–H and O–H groups in total. The molecular weight excluding hydrogens is 184 g/mol. The van der Waals surface area contributed by atoms with Gasteiger partial charge in [0.15, 0.2) is 0 Å². The van der Waals surface area contributed by atoms with Gasteiger partial charge in [-0.1, -0.05) is 0 Å². The lowest BCUT2D eigenvalue weighted by Crippen LogP contribution is -2.60. The number of hydrogen-bond donors (Lipinski definition) is 3. The van der Waals surface area contributed by atoms with Crippen molar-refractivity contribution in [2.75, 3.05) is 26.2 Å². The monoisotopic (exact) mass is 200 g/mol. The van der Waals surface area contributed by atoms with E-state index in [4.69, 9.17) is 5.73 Å². The first-order valence-electron chi connectivity index (χ1n) is 4.71. The maximum Gasteiger partial charge on any atom is 0.315 e. The van der Waals surface area contributed by atoms with Crippen LogP contribution in [0.2, 0.25) is 0 Å². The van der Waals surface area contributed by atoms with E-state index in [2.05, 4.69) is 10.6 Å². The number of amides is 3. The van der Waals surface area contributed by atoms with Crippen LogP contribution in [-0.4, -0.2) is 49.1 Å². The van der Waals surface area contributed by atoms with Crippen molar-refractivity contribution >= 4 is 11.9 Å². The zero-order chi connectivity index (χ0) is 10.6. The van der Waals surface area contributed by atoms with Gasteiger partial charge in [-0.25, -0.2) is 4.79 Å². The zero-order valence-corrected chi connectivity index (χ0v) is 8.25. The topological polar surface area (TPSA) is 87.5 Å². The van der Waals surface area contributed by atoms with Crippen LogP contribution in [0.25, 0.3) is 0 Å². The van der Waals surface area contributed by atoms with E-state index >= 15 is 0 Å². The van der Waals surface area contributed by atoms with Crippen molar-refractivity contribution in [1.29, 1.82) is 0 Å². The Bertz CT molecular complexity index is 231. The second-order valence-corrected chi connectivity index (χ2v) is 3.15. The van der Waals surface area contributed by atoms with Crippen LogP contribution in [0, 0.1) is 0 Å². The molecule has 0 aromatic rings. The Morgan fingerprint density at radius 1 is 1.64 bits per heavy atom. The zero-order valence-electron chi connectivity index (χ0n) is 8.25. The summed E-state index contributed by atoms with van der Waals surface area (Å²) in [4.78, 5) is 23.9. The quantitative estimate of drug-likeness (QED) is 0.505. The Morgan fingerprint density at radius 2 is 2.36 bits per heavy atom. The van der Waals surface area contributed by atoms with Crippen molar-refractivity contribution in [1.82, 2.24) is 15.5 Å². The third-order valence-corrected chi connectivity index (χ3v) is 2.18. The second-order valence-electron chi connectivity index (χ2n) is 3.15. The average molecular weight is 200 g/mol. The molecule has 0 saturated carbocycles. The fourth-order valence-corrected chi connectivity index (χ4v) is 1.49. The van der Waals surface area contributed by atoms with E-state index in [-0.39, 0.29) is 5.91 Å². The molecule has 0 radical (unpaired) electrons. The maximum atomic E-state index is 11.5. The fourth-order valence-electron chi connectivity index (χ4n) is 1.49. The largest absolute Gasteiger partial charge is 0.355 e. The van der Waals surface area contributed by atoms with Crippen molar-refractivity contribution in [3.05, 3.63) is 0 Å². The number of nitrogens with two attached hydrogens (primary N) is 1. The van der Waals surface area contributed by atoms with Crippen LogP contribution < -0.4 is 16.4 Å². The summed E-state index contributed by atoms with van der Waals surface area (Å²) in [5.74, 6) is -0.154. The van der Waals surface area contributed by atoms with E-state index in [9.17, 15) is 9.59 Å². The molecule has 0 bridgehead atoms. The molecule has 3 amide bonds. The van der Waals surface area contributed by atoms with Gasteiger partial charge in [-0.15, -0.1) is 0 Å². The van der Waals surface area contributed by atoms with Crippen LogP contribution in [0.15, 0.2) is 0 Å². The van der Waals surface area contributed by atoms with Crippen molar-refractivity contribution in [2.45, 2.75) is 13.0 Å². The summed E-state index contributed by atoms with van der Waals surface area (Å²) in [6.07, 6.45) is 0. The Hall–Kier alpha value is -1.30. The number of rotatable bonds is 2. The van der Waals surface area contributed by atoms with Gasteiger partial charge in [-0.05, 0) is 6.92 Å². The summed E-state index contributed by atoms with van der Waals surface area (Å²) in [5, 5.41) is 5.72. The molecule has 1 aliphatic rings. The molecular formula is C8H16N4O2. The minimum absolute atomic E-state index is 0.154. The first-order chi connectivity index (χ1) is 6.66. The lowest BCUT2D eigenvalue weighted by atomic mass is 10.2. The van der Waals surface area contributed by atoms with E-state index < -0.39 is 12.1 Å². The van der Waals surface area contributed by atoms with Crippen molar-refractivity contribution in [2.24, 2.45) is 5.73 Å². The summed E-state index contributed by atoms with van der Waals surface area (Å²) >= 11 is 0. The molecule has 1 rings (SSSR count). The third-order valence-electron chi connectivity index (χ3n) is 2.18. The standard InChI is InChI=1S/C8H16N4O2/c1-2-11-7(13)6-5-10-3-4-12(6)8(9)14/h6,10H,2-5H2,1H3,(H2,9,14)(H,11,13). The predicted octanol–water partition coefficient (Wildman–Crippen LogP) is -1.52. The first kappa shape index (κ1) is 10.8. The van der Waals surface area contributed by atoms with Gasteiger partial charge in [-0.3, -0.25) is 4.79 Å². The number of likely N-dealkylation sites (N-methyl/N-ethyl adjacent to an activating group) is 1. The molecule has 1 saturated heterocycles. The molecule has 1 aliphatic heterocycles. The molecule has 6 heteroatoms. The van der Waals surface area contributed by atoms with Crippen molar-refractivity contribution < 1.29 is 9.59 Å². The van der Waals surface area contributed by atoms with Crippen LogP contribution >= 0.6 is 0 Å². The van der Waals surface area contributed by atoms with Gasteiger partial charge in [-0.2, -0.15) is 0 Å². The summed E-state index contributed by atoms with van der Waals surface area (Å²) in [5.41, 5.74) is 5.17. The van der Waals surface area contributed by atoms with Gasteiger partial charge in [0.25, 0.3) is 0 Å². The number of urea groups is 1. The van der Waals surface area contributed by atoms with Gasteiger partial charge in [0.05, 0.1) is 0 Å².